The largest absolute Gasteiger partial charge is 0.493 e. The third-order valence-electron chi connectivity index (χ3n) is 4.04. The molecule has 0 saturated carbocycles. The molecule has 0 fully saturated rings. The van der Waals surface area contributed by atoms with Gasteiger partial charge in [-0.15, -0.1) is 0 Å². The number of rotatable bonds is 12. The van der Waals surface area contributed by atoms with E-state index >= 15 is 0 Å². The van der Waals surface area contributed by atoms with E-state index in [0.29, 0.717) is 53.3 Å². The van der Waals surface area contributed by atoms with Crippen LogP contribution in [0, 0.1) is 4.91 Å². The van der Waals surface area contributed by atoms with Gasteiger partial charge in [-0.2, -0.15) is 4.91 Å². The van der Waals surface area contributed by atoms with Gasteiger partial charge < -0.3 is 14.2 Å². The Morgan fingerprint density at radius 1 is 1.00 bits per heavy atom. The van der Waals surface area contributed by atoms with Crippen molar-refractivity contribution in [1.82, 2.24) is 0 Å². The number of hydrogen-bond donors (Lipinski definition) is 0. The third-order valence-corrected chi connectivity index (χ3v) is 4.91. The van der Waals surface area contributed by atoms with Crippen molar-refractivity contribution in [2.45, 2.75) is 25.8 Å². The van der Waals surface area contributed by atoms with E-state index in [4.69, 9.17) is 60.6 Å². The summed E-state index contributed by atoms with van der Waals surface area (Å²) in [5.41, 5.74) is 0.877. The molecule has 2 rings (SSSR count). The smallest absolute Gasteiger partial charge is 0.156 e. The fourth-order valence-electron chi connectivity index (χ4n) is 2.54. The lowest BCUT2D eigenvalue weighted by atomic mass is 10.1. The molecule has 0 spiro atoms. The molecule has 0 bridgehead atoms. The maximum atomic E-state index is 10.8. The van der Waals surface area contributed by atoms with Gasteiger partial charge in [-0.1, -0.05) is 70.6 Å². The molecule has 0 aliphatic rings. The highest BCUT2D eigenvalue weighted by Crippen LogP contribution is 2.37. The summed E-state index contributed by atoms with van der Waals surface area (Å²) in [6.45, 7) is 2.93. The second-order valence-corrected chi connectivity index (χ2v) is 7.99. The molecule has 30 heavy (non-hydrogen) atoms. The second-order valence-electron chi connectivity index (χ2n) is 6.17. The van der Waals surface area contributed by atoms with E-state index < -0.39 is 0 Å². The van der Waals surface area contributed by atoms with Crippen LogP contribution in [0.25, 0.3) is 0 Å². The summed E-state index contributed by atoms with van der Waals surface area (Å²) in [7, 11) is 0. The molecule has 2 aromatic rings. The lowest BCUT2D eigenvalue weighted by Gasteiger charge is -2.13. The lowest BCUT2D eigenvalue weighted by molar-refractivity contribution is 0.247. The average molecular weight is 493 g/mol. The Balaban J connectivity index is 1.78. The van der Waals surface area contributed by atoms with Crippen molar-refractivity contribution < 1.29 is 14.2 Å². The van der Waals surface area contributed by atoms with Gasteiger partial charge in [-0.25, -0.2) is 0 Å². The normalized spacial score (nSPS) is 11.5. The molecule has 0 aliphatic carbocycles. The fraction of sp³-hybridized carbons (Fsp3) is 0.333. The van der Waals surface area contributed by atoms with Gasteiger partial charge in [0.2, 0.25) is 0 Å². The molecule has 0 saturated heterocycles. The Morgan fingerprint density at radius 3 is 2.20 bits per heavy atom. The Morgan fingerprint density at radius 2 is 1.63 bits per heavy atom. The summed E-state index contributed by atoms with van der Waals surface area (Å²) in [6.07, 6.45) is 2.79. The van der Waals surface area contributed by atoms with E-state index in [0.717, 1.165) is 5.56 Å². The second kappa shape index (κ2) is 12.9. The zero-order chi connectivity index (χ0) is 21.9. The summed E-state index contributed by atoms with van der Waals surface area (Å²) in [5, 5.41) is 3.79. The predicted octanol–water partition coefficient (Wildman–Crippen LogP) is 7.76. The van der Waals surface area contributed by atoms with E-state index in [1.807, 2.05) is 31.2 Å². The van der Waals surface area contributed by atoms with Crippen LogP contribution in [0.1, 0.15) is 31.4 Å². The van der Waals surface area contributed by atoms with Crippen LogP contribution in [-0.2, 0) is 0 Å². The first-order chi connectivity index (χ1) is 14.4. The van der Waals surface area contributed by atoms with Gasteiger partial charge >= 0.3 is 0 Å². The summed E-state index contributed by atoms with van der Waals surface area (Å²) in [4.78, 5) is 10.8. The number of hydrogen-bond acceptors (Lipinski definition) is 5. The monoisotopic (exact) mass is 491 g/mol. The Labute approximate surface area is 195 Å². The quantitative estimate of drug-likeness (QED) is 0.224. The van der Waals surface area contributed by atoms with Crippen LogP contribution in [0.4, 0.5) is 0 Å². The van der Waals surface area contributed by atoms with Crippen molar-refractivity contribution in [3.8, 4) is 17.2 Å². The highest BCUT2D eigenvalue weighted by Gasteiger charge is 2.11. The van der Waals surface area contributed by atoms with Gasteiger partial charge in [0.15, 0.2) is 5.75 Å². The van der Waals surface area contributed by atoms with Crippen LogP contribution in [0.3, 0.4) is 0 Å². The summed E-state index contributed by atoms with van der Waals surface area (Å²) in [5.74, 6) is 1.57. The number of nitroso groups, excluding NO2 is 1. The first-order valence-corrected chi connectivity index (χ1v) is 10.8. The summed E-state index contributed by atoms with van der Waals surface area (Å²) in [6, 6.07) is 10.2. The Bertz CT molecular complexity index is 832. The fourth-order valence-corrected chi connectivity index (χ4v) is 3.24. The maximum absolute atomic E-state index is 10.8. The number of benzene rings is 2. The van der Waals surface area contributed by atoms with Gasteiger partial charge in [0.05, 0.1) is 23.3 Å². The standard InChI is InChI=1S/C21H21Cl4NO4/c1-2-19(26-27)14-4-6-15(7-5-14)28-9-3-10-30-21-17(22)12-16(13-18(21)23)29-11-8-20(24)25/h4-8,12-13,19H,2-3,9-11H2,1H3. The van der Waals surface area contributed by atoms with Crippen LogP contribution >= 0.6 is 46.4 Å². The van der Waals surface area contributed by atoms with Crippen LogP contribution < -0.4 is 14.2 Å². The average Bonchev–Trinajstić information content (AvgIpc) is 2.71. The van der Waals surface area contributed by atoms with Crippen molar-refractivity contribution in [2.75, 3.05) is 19.8 Å². The summed E-state index contributed by atoms with van der Waals surface area (Å²) < 4.78 is 16.9. The molecular formula is C21H21Cl4NO4. The maximum Gasteiger partial charge on any atom is 0.156 e. The van der Waals surface area contributed by atoms with Crippen LogP contribution in [0.2, 0.25) is 10.0 Å². The van der Waals surface area contributed by atoms with Crippen molar-refractivity contribution >= 4 is 46.4 Å². The third kappa shape index (κ3) is 7.88. The molecule has 2 aromatic carbocycles. The molecule has 0 amide bonds. The lowest BCUT2D eigenvalue weighted by Crippen LogP contribution is -2.06. The minimum atomic E-state index is -0.326. The highest BCUT2D eigenvalue weighted by molar-refractivity contribution is 6.55. The van der Waals surface area contributed by atoms with Crippen molar-refractivity contribution in [1.29, 1.82) is 0 Å². The zero-order valence-corrected chi connectivity index (χ0v) is 19.3. The van der Waals surface area contributed by atoms with Crippen molar-refractivity contribution in [3.63, 3.8) is 0 Å². The molecular weight excluding hydrogens is 472 g/mol. The van der Waals surface area contributed by atoms with E-state index in [1.54, 1.807) is 12.1 Å². The van der Waals surface area contributed by atoms with Gasteiger partial charge in [0, 0.05) is 18.6 Å². The van der Waals surface area contributed by atoms with E-state index in [9.17, 15) is 4.91 Å². The first-order valence-electron chi connectivity index (χ1n) is 9.25. The van der Waals surface area contributed by atoms with Gasteiger partial charge in [0.1, 0.15) is 28.6 Å². The first kappa shape index (κ1) is 24.6. The number of nitrogens with zero attached hydrogens (tertiary/aromatic N) is 1. The topological polar surface area (TPSA) is 57.1 Å². The molecule has 5 nitrogen and oxygen atoms in total. The van der Waals surface area contributed by atoms with Crippen molar-refractivity contribution in [2.24, 2.45) is 5.18 Å². The molecule has 0 aromatic heterocycles. The van der Waals surface area contributed by atoms with Crippen LogP contribution in [0.5, 0.6) is 17.2 Å². The SMILES string of the molecule is CCC(N=O)c1ccc(OCCCOc2c(Cl)cc(OCC=C(Cl)Cl)cc2Cl)cc1. The van der Waals surface area contributed by atoms with Gasteiger partial charge in [0.25, 0.3) is 0 Å². The van der Waals surface area contributed by atoms with Crippen LogP contribution in [-0.4, -0.2) is 19.8 Å². The molecule has 0 aliphatic heterocycles. The molecule has 0 radical (unpaired) electrons. The zero-order valence-electron chi connectivity index (χ0n) is 16.2. The molecule has 0 N–H and O–H groups in total. The van der Waals surface area contributed by atoms with Gasteiger partial charge in [-0.3, -0.25) is 0 Å². The molecule has 1 atom stereocenters. The summed E-state index contributed by atoms with van der Waals surface area (Å²) >= 11 is 23.5. The van der Waals surface area contributed by atoms with E-state index in [1.165, 1.54) is 6.08 Å². The van der Waals surface area contributed by atoms with E-state index in [-0.39, 0.29) is 17.1 Å². The molecule has 162 valence electrons. The van der Waals surface area contributed by atoms with E-state index in [2.05, 4.69) is 5.18 Å². The highest BCUT2D eigenvalue weighted by atomic mass is 35.5. The Kier molecular flexibility index (Phi) is 10.6. The molecule has 1 unspecified atom stereocenters. The molecule has 0 heterocycles. The van der Waals surface area contributed by atoms with Crippen molar-refractivity contribution in [3.05, 3.63) is 67.5 Å². The molecule has 9 heteroatoms. The number of halogens is 4. The number of ether oxygens (including phenoxy) is 3. The predicted molar refractivity (Wildman–Crippen MR) is 123 cm³/mol. The minimum absolute atomic E-state index is 0.119. The van der Waals surface area contributed by atoms with Crippen LogP contribution in [0.15, 0.2) is 52.1 Å². The Hall–Kier alpha value is -1.66. The van der Waals surface area contributed by atoms with Gasteiger partial charge in [-0.05, 0) is 30.2 Å². The minimum Gasteiger partial charge on any atom is -0.493 e.